The van der Waals surface area contributed by atoms with E-state index in [1.54, 1.807) is 12.4 Å². The summed E-state index contributed by atoms with van der Waals surface area (Å²) in [5.41, 5.74) is 1.21. The van der Waals surface area contributed by atoms with Gasteiger partial charge in [-0.2, -0.15) is 0 Å². The van der Waals surface area contributed by atoms with Gasteiger partial charge in [-0.15, -0.1) is 0 Å². The van der Waals surface area contributed by atoms with Gasteiger partial charge >= 0.3 is 0 Å². The number of hydrogen-bond donors (Lipinski definition) is 1. The molecule has 2 atom stereocenters. The van der Waals surface area contributed by atoms with Crippen molar-refractivity contribution >= 4 is 27.9 Å². The Bertz CT molecular complexity index is 789. The van der Waals surface area contributed by atoms with Crippen LogP contribution in [0, 0.1) is 5.92 Å². The van der Waals surface area contributed by atoms with Crippen LogP contribution in [0.25, 0.3) is 12.0 Å². The third-order valence-electron chi connectivity index (χ3n) is 4.20. The van der Waals surface area contributed by atoms with Crippen molar-refractivity contribution in [2.24, 2.45) is 5.92 Å². The number of halogens is 1. The van der Waals surface area contributed by atoms with Crippen molar-refractivity contribution in [1.29, 1.82) is 0 Å². The highest BCUT2D eigenvalue weighted by molar-refractivity contribution is 9.09. The first-order chi connectivity index (χ1) is 11.1. The lowest BCUT2D eigenvalue weighted by Gasteiger charge is -2.38. The highest BCUT2D eigenvalue weighted by atomic mass is 79.9. The molecule has 0 saturated heterocycles. The Balaban J connectivity index is 2.07. The summed E-state index contributed by atoms with van der Waals surface area (Å²) in [6.45, 7) is 4.35. The van der Waals surface area contributed by atoms with Gasteiger partial charge in [-0.25, -0.2) is 0 Å². The Hall–Kier alpha value is -1.81. The Kier molecular flexibility index (Phi) is 4.71. The third-order valence-corrected chi connectivity index (χ3v) is 5.73. The summed E-state index contributed by atoms with van der Waals surface area (Å²) in [6, 6.07) is 12.1. The lowest BCUT2D eigenvalue weighted by molar-refractivity contribution is 0.255. The van der Waals surface area contributed by atoms with E-state index < -0.39 is 0 Å². The van der Waals surface area contributed by atoms with Crippen LogP contribution in [0.2, 0.25) is 0 Å². The fraction of sp³-hybridized carbons (Fsp3) is 0.316. The van der Waals surface area contributed by atoms with Gasteiger partial charge in [-0.1, -0.05) is 60.1 Å². The highest BCUT2D eigenvalue weighted by Crippen LogP contribution is 2.26. The topological polar surface area (TPSA) is 36.4 Å². The minimum absolute atomic E-state index is 0.0964. The van der Waals surface area contributed by atoms with Crippen LogP contribution in [0.5, 0.6) is 0 Å². The lowest BCUT2D eigenvalue weighted by atomic mass is 9.98. The predicted molar refractivity (Wildman–Crippen MR) is 97.3 cm³/mol. The molecule has 0 fully saturated rings. The van der Waals surface area contributed by atoms with E-state index in [1.807, 2.05) is 24.3 Å². The molecule has 4 heteroatoms. The number of alkyl halides is 1. The molecule has 23 heavy (non-hydrogen) atoms. The Labute approximate surface area is 145 Å². The SMILES string of the molecule is CC(C)C(Br)N1C=c2ccncc2=C(O)C1Cc1ccccc1. The number of rotatable bonds is 4. The Morgan fingerprint density at radius 3 is 2.65 bits per heavy atom. The zero-order chi connectivity index (χ0) is 16.4. The lowest BCUT2D eigenvalue weighted by Crippen LogP contribution is -2.49. The van der Waals surface area contributed by atoms with E-state index >= 15 is 0 Å². The van der Waals surface area contributed by atoms with Crippen LogP contribution in [0.4, 0.5) is 0 Å². The van der Waals surface area contributed by atoms with E-state index in [-0.39, 0.29) is 11.0 Å². The number of aromatic nitrogens is 1. The molecule has 0 saturated carbocycles. The van der Waals surface area contributed by atoms with Gasteiger partial charge in [-0.3, -0.25) is 4.98 Å². The number of aliphatic hydroxyl groups excluding tert-OH is 1. The van der Waals surface area contributed by atoms with Gasteiger partial charge in [0, 0.05) is 35.5 Å². The zero-order valence-electron chi connectivity index (χ0n) is 13.4. The third kappa shape index (κ3) is 3.27. The largest absolute Gasteiger partial charge is 0.509 e. The summed E-state index contributed by atoms with van der Waals surface area (Å²) in [5.74, 6) is 0.810. The maximum absolute atomic E-state index is 10.9. The number of pyridine rings is 1. The molecule has 1 aliphatic heterocycles. The second kappa shape index (κ2) is 6.75. The van der Waals surface area contributed by atoms with Gasteiger partial charge in [-0.05, 0) is 17.5 Å². The van der Waals surface area contributed by atoms with Crippen molar-refractivity contribution < 1.29 is 5.11 Å². The highest BCUT2D eigenvalue weighted by Gasteiger charge is 2.30. The Morgan fingerprint density at radius 2 is 1.96 bits per heavy atom. The Morgan fingerprint density at radius 1 is 1.22 bits per heavy atom. The van der Waals surface area contributed by atoms with Gasteiger partial charge in [0.1, 0.15) is 5.76 Å². The molecule has 1 aromatic carbocycles. The number of aliphatic hydroxyl groups is 1. The summed E-state index contributed by atoms with van der Waals surface area (Å²) in [5, 5.41) is 12.7. The molecule has 3 rings (SSSR count). The number of benzene rings is 1. The molecular weight excluding hydrogens is 352 g/mol. The van der Waals surface area contributed by atoms with E-state index in [9.17, 15) is 5.11 Å². The van der Waals surface area contributed by atoms with Crippen LogP contribution < -0.4 is 10.4 Å². The molecule has 2 aromatic rings. The molecule has 2 heterocycles. The van der Waals surface area contributed by atoms with Crippen molar-refractivity contribution in [3.05, 3.63) is 64.8 Å². The molecule has 0 amide bonds. The van der Waals surface area contributed by atoms with Crippen LogP contribution in [-0.2, 0) is 6.42 Å². The van der Waals surface area contributed by atoms with Crippen LogP contribution >= 0.6 is 15.9 Å². The second-order valence-electron chi connectivity index (χ2n) is 6.25. The first-order valence-electron chi connectivity index (χ1n) is 7.88. The van der Waals surface area contributed by atoms with Gasteiger partial charge < -0.3 is 10.0 Å². The molecule has 2 unspecified atom stereocenters. The molecule has 120 valence electrons. The molecule has 0 aliphatic carbocycles. The molecule has 1 N–H and O–H groups in total. The summed E-state index contributed by atoms with van der Waals surface area (Å²) in [6.07, 6.45) is 6.39. The minimum atomic E-state index is -0.0964. The van der Waals surface area contributed by atoms with Gasteiger partial charge in [0.2, 0.25) is 0 Å². The molecular formula is C19H21BrN2O. The van der Waals surface area contributed by atoms with Gasteiger partial charge in [0.25, 0.3) is 0 Å². The van der Waals surface area contributed by atoms with Crippen LogP contribution in [0.3, 0.4) is 0 Å². The normalized spacial score (nSPS) is 18.5. The molecule has 0 bridgehead atoms. The fourth-order valence-electron chi connectivity index (χ4n) is 2.93. The quantitative estimate of drug-likeness (QED) is 0.662. The van der Waals surface area contributed by atoms with E-state index in [2.05, 4.69) is 58.0 Å². The average molecular weight is 373 g/mol. The summed E-state index contributed by atoms with van der Waals surface area (Å²) < 4.78 is 0. The van der Waals surface area contributed by atoms with E-state index in [4.69, 9.17) is 0 Å². The summed E-state index contributed by atoms with van der Waals surface area (Å²) in [7, 11) is 0. The molecule has 3 nitrogen and oxygen atoms in total. The minimum Gasteiger partial charge on any atom is -0.509 e. The first kappa shape index (κ1) is 16.1. The van der Waals surface area contributed by atoms with Gasteiger partial charge in [0.05, 0.1) is 11.0 Å². The summed E-state index contributed by atoms with van der Waals surface area (Å²) in [4.78, 5) is 6.53. The van der Waals surface area contributed by atoms with Crippen molar-refractivity contribution in [2.75, 3.05) is 0 Å². The number of fused-ring (bicyclic) bond motifs is 1. The summed E-state index contributed by atoms with van der Waals surface area (Å²) >= 11 is 3.79. The van der Waals surface area contributed by atoms with Crippen LogP contribution in [0.15, 0.2) is 48.8 Å². The predicted octanol–water partition coefficient (Wildman–Crippen LogP) is 2.79. The average Bonchev–Trinajstić information content (AvgIpc) is 2.57. The number of hydrogen-bond acceptors (Lipinski definition) is 3. The maximum atomic E-state index is 10.9. The van der Waals surface area contributed by atoms with Crippen LogP contribution in [0.1, 0.15) is 19.4 Å². The fourth-order valence-corrected chi connectivity index (χ4v) is 3.33. The first-order valence-corrected chi connectivity index (χ1v) is 8.80. The zero-order valence-corrected chi connectivity index (χ0v) is 14.9. The molecule has 0 spiro atoms. The molecule has 1 aliphatic rings. The second-order valence-corrected chi connectivity index (χ2v) is 7.18. The van der Waals surface area contributed by atoms with Crippen molar-refractivity contribution in [3.63, 3.8) is 0 Å². The molecule has 0 radical (unpaired) electrons. The van der Waals surface area contributed by atoms with E-state index in [0.29, 0.717) is 11.7 Å². The standard InChI is InChI=1S/C19H21BrN2O/c1-13(2)19(20)22-12-15-8-9-21-11-16(15)18(23)17(22)10-14-6-4-3-5-7-14/h3-9,11-13,17,19,23H,10H2,1-2H3. The van der Waals surface area contributed by atoms with E-state index in [1.165, 1.54) is 5.56 Å². The smallest absolute Gasteiger partial charge is 0.124 e. The van der Waals surface area contributed by atoms with Gasteiger partial charge in [0.15, 0.2) is 0 Å². The van der Waals surface area contributed by atoms with E-state index in [0.717, 1.165) is 16.9 Å². The number of nitrogens with zero attached hydrogens (tertiary/aromatic N) is 2. The molecule has 1 aromatic heterocycles. The van der Waals surface area contributed by atoms with Crippen LogP contribution in [-0.4, -0.2) is 26.0 Å². The van der Waals surface area contributed by atoms with Crippen molar-refractivity contribution in [1.82, 2.24) is 9.88 Å². The monoisotopic (exact) mass is 372 g/mol. The maximum Gasteiger partial charge on any atom is 0.124 e. The van der Waals surface area contributed by atoms with Crippen molar-refractivity contribution in [2.45, 2.75) is 31.3 Å². The van der Waals surface area contributed by atoms with Crippen molar-refractivity contribution in [3.8, 4) is 0 Å².